The lowest BCUT2D eigenvalue weighted by Gasteiger charge is -2.27. The van der Waals surface area contributed by atoms with Crippen molar-refractivity contribution in [2.45, 2.75) is 0 Å². The molecule has 3 heterocycles. The van der Waals surface area contributed by atoms with E-state index in [4.69, 9.17) is 23.8 Å². The molecule has 0 saturated carbocycles. The third-order valence-corrected chi connectivity index (χ3v) is 13.9. The first-order valence-electron chi connectivity index (χ1n) is 23.1. The summed E-state index contributed by atoms with van der Waals surface area (Å²) in [6.45, 7) is 0. The lowest BCUT2D eigenvalue weighted by molar-refractivity contribution is 0.668. The predicted octanol–water partition coefficient (Wildman–Crippen LogP) is 6.77. The maximum Gasteiger partial charge on any atom is 0.167 e. The average molecular weight is 868 g/mol. The monoisotopic (exact) mass is 868 g/mol. The van der Waals surface area contributed by atoms with Gasteiger partial charge in [0.1, 0.15) is 56.0 Å². The molecule has 316 valence electrons. The molecule has 0 aliphatic heterocycles. The van der Waals surface area contributed by atoms with Crippen molar-refractivity contribution >= 4 is 127 Å². The second-order valence-corrected chi connectivity index (χ2v) is 17.7. The Hall–Kier alpha value is -8.29. The van der Waals surface area contributed by atoms with Crippen LogP contribution in [0.4, 0.5) is 17.1 Å². The van der Waals surface area contributed by atoms with Crippen molar-refractivity contribution in [3.63, 3.8) is 0 Å². The van der Waals surface area contributed by atoms with Crippen LogP contribution in [0.1, 0.15) is 0 Å². The summed E-state index contributed by atoms with van der Waals surface area (Å²) in [5.41, 5.74) is 19.9. The molecule has 9 aromatic carbocycles. The van der Waals surface area contributed by atoms with Crippen molar-refractivity contribution in [3.05, 3.63) is 188 Å². The molecule has 0 aliphatic rings. The smallest absolute Gasteiger partial charge is 0.167 e. The molecule has 12 rings (SSSR count). The van der Waals surface area contributed by atoms with E-state index in [0.717, 1.165) is 88.8 Å². The number of anilines is 3. The predicted molar refractivity (Wildman–Crippen MR) is 297 cm³/mol. The van der Waals surface area contributed by atoms with Crippen LogP contribution in [0, 0.1) is 0 Å². The van der Waals surface area contributed by atoms with Crippen LogP contribution < -0.4 is 32.2 Å². The van der Waals surface area contributed by atoms with Gasteiger partial charge in [0.15, 0.2) is 23.1 Å². The zero-order valence-corrected chi connectivity index (χ0v) is 38.5. The van der Waals surface area contributed by atoms with Crippen molar-refractivity contribution in [3.8, 4) is 56.4 Å². The summed E-state index contributed by atoms with van der Waals surface area (Å²) >= 11 is 0. The molecule has 0 unspecified atom stereocenters. The van der Waals surface area contributed by atoms with Crippen LogP contribution in [-0.4, -0.2) is 54.2 Å². The summed E-state index contributed by atoms with van der Waals surface area (Å²) in [6.07, 6.45) is 0. The normalized spacial score (nSPS) is 11.5. The number of aromatic nitrogens is 3. The van der Waals surface area contributed by atoms with E-state index < -0.39 is 0 Å². The van der Waals surface area contributed by atoms with Gasteiger partial charge in [0.25, 0.3) is 0 Å². The van der Waals surface area contributed by atoms with Crippen LogP contribution in [0.15, 0.2) is 197 Å². The van der Waals surface area contributed by atoms with Crippen LogP contribution >= 0.6 is 0 Å². The minimum absolute atomic E-state index is 0.521. The van der Waals surface area contributed by atoms with Gasteiger partial charge in [0, 0.05) is 44.0 Å². The summed E-state index contributed by atoms with van der Waals surface area (Å²) in [5, 5.41) is 3.93. The molecule has 0 spiro atoms. The molecular weight excluding hydrogens is 827 g/mol. The molecule has 11 heteroatoms. The van der Waals surface area contributed by atoms with Gasteiger partial charge in [-0.05, 0) is 76.9 Å². The van der Waals surface area contributed by atoms with Crippen LogP contribution in [0.5, 0.6) is 0 Å². The number of para-hydroxylation sites is 3. The van der Waals surface area contributed by atoms with Crippen molar-refractivity contribution in [1.82, 2.24) is 15.0 Å². The van der Waals surface area contributed by atoms with E-state index >= 15 is 0 Å². The van der Waals surface area contributed by atoms with E-state index in [1.807, 2.05) is 72.8 Å². The third-order valence-electron chi connectivity index (χ3n) is 13.9. The first-order chi connectivity index (χ1) is 33.3. The number of nitrogens with zero attached hydrogens (tertiary/aromatic N) is 4. The lowest BCUT2D eigenvalue weighted by Crippen LogP contribution is -2.55. The Morgan fingerprint density at radius 3 is 1.49 bits per heavy atom. The van der Waals surface area contributed by atoms with E-state index in [2.05, 4.69) is 159 Å². The standard InChI is InChI=1S/C57H41B5N4O2/c58-48-46(49(59)51(61)52(62)50(48)60)34-24-28-37(29-25-34)66(36-26-22-33(23-27-36)32-12-3-1-4-13-32)43-31-30-41(47-40-17-8-10-21-45(40)68-54(43)47)56-63-55(35-14-5-2-6-15-35)64-57(65-56)42-19-11-18-39-38-16-7-9-20-44(38)67-53(39)42/h1-31H,58-62H2. The minimum Gasteiger partial charge on any atom is -0.455 e. The van der Waals surface area contributed by atoms with E-state index in [-0.39, 0.29) is 0 Å². The van der Waals surface area contributed by atoms with Crippen LogP contribution in [0.2, 0.25) is 0 Å². The van der Waals surface area contributed by atoms with Crippen LogP contribution in [0.25, 0.3) is 100 Å². The third kappa shape index (κ3) is 6.84. The lowest BCUT2D eigenvalue weighted by atomic mass is 9.60. The summed E-state index contributed by atoms with van der Waals surface area (Å²) in [7, 11) is 11.2. The van der Waals surface area contributed by atoms with Gasteiger partial charge in [-0.2, -0.15) is 0 Å². The Balaban J connectivity index is 1.08. The topological polar surface area (TPSA) is 68.2 Å². The maximum atomic E-state index is 7.02. The number of rotatable bonds is 8. The Morgan fingerprint density at radius 2 is 0.824 bits per heavy atom. The van der Waals surface area contributed by atoms with Gasteiger partial charge in [0.05, 0.1) is 11.3 Å². The van der Waals surface area contributed by atoms with Gasteiger partial charge in [-0.15, -0.1) is 16.4 Å². The molecule has 68 heavy (non-hydrogen) atoms. The Bertz CT molecular complexity index is 3890. The first-order valence-corrected chi connectivity index (χ1v) is 23.1. The maximum absolute atomic E-state index is 7.02. The van der Waals surface area contributed by atoms with Gasteiger partial charge in [-0.1, -0.05) is 144 Å². The molecule has 6 nitrogen and oxygen atoms in total. The molecule has 0 bridgehead atoms. The minimum atomic E-state index is 0.521. The molecule has 0 N–H and O–H groups in total. The Kier molecular flexibility index (Phi) is 10.0. The van der Waals surface area contributed by atoms with E-state index in [1.54, 1.807) is 0 Å². The van der Waals surface area contributed by atoms with Crippen molar-refractivity contribution in [2.24, 2.45) is 0 Å². The second-order valence-electron chi connectivity index (χ2n) is 17.7. The van der Waals surface area contributed by atoms with Gasteiger partial charge < -0.3 is 13.7 Å². The van der Waals surface area contributed by atoms with Gasteiger partial charge in [-0.3, -0.25) is 0 Å². The van der Waals surface area contributed by atoms with Crippen molar-refractivity contribution in [1.29, 1.82) is 0 Å². The van der Waals surface area contributed by atoms with Gasteiger partial charge in [-0.25, -0.2) is 15.0 Å². The largest absolute Gasteiger partial charge is 0.455 e. The zero-order chi connectivity index (χ0) is 46.0. The summed E-state index contributed by atoms with van der Waals surface area (Å²) in [4.78, 5) is 18.0. The zero-order valence-electron chi connectivity index (χ0n) is 38.5. The summed E-state index contributed by atoms with van der Waals surface area (Å²) in [6, 6.07) is 65.1. The molecule has 0 atom stereocenters. The highest BCUT2D eigenvalue weighted by Crippen LogP contribution is 2.46. The number of furan rings is 2. The number of hydrogen-bond acceptors (Lipinski definition) is 6. The Morgan fingerprint density at radius 1 is 0.338 bits per heavy atom. The first kappa shape index (κ1) is 41.2. The van der Waals surface area contributed by atoms with Crippen molar-refractivity contribution in [2.75, 3.05) is 4.90 Å². The molecule has 3 aromatic heterocycles. The number of benzene rings is 9. The highest BCUT2D eigenvalue weighted by Gasteiger charge is 2.25. The molecule has 0 aliphatic carbocycles. The Labute approximate surface area is 398 Å². The number of fused-ring (bicyclic) bond motifs is 6. The van der Waals surface area contributed by atoms with E-state index in [9.17, 15) is 0 Å². The quantitative estimate of drug-likeness (QED) is 0.157. The highest BCUT2D eigenvalue weighted by atomic mass is 16.3. The molecule has 0 radical (unpaired) electrons. The molecule has 0 saturated heterocycles. The van der Waals surface area contributed by atoms with Crippen LogP contribution in [0.3, 0.4) is 0 Å². The highest BCUT2D eigenvalue weighted by molar-refractivity contribution is 6.68. The van der Waals surface area contributed by atoms with E-state index in [1.165, 1.54) is 38.4 Å². The van der Waals surface area contributed by atoms with Gasteiger partial charge in [0.2, 0.25) is 0 Å². The molecular formula is C57H41B5N4O2. The van der Waals surface area contributed by atoms with E-state index in [0.29, 0.717) is 17.5 Å². The molecule has 0 fully saturated rings. The SMILES string of the molecule is Bc1c(B)c(B)c(-c2ccc(N(c3ccc(-c4ccccc4)cc3)c3ccc(-c4nc(-c5ccccc5)nc(-c5cccc6c5oc5ccccc56)n4)c4c3oc3ccccc34)cc2)c(B)c1B. The fourth-order valence-electron chi connectivity index (χ4n) is 10.0. The fourth-order valence-corrected chi connectivity index (χ4v) is 10.0. The van der Waals surface area contributed by atoms with Gasteiger partial charge >= 0.3 is 0 Å². The molecule has 0 amide bonds. The summed E-state index contributed by atoms with van der Waals surface area (Å²) < 4.78 is 13.6. The number of hydrogen-bond donors (Lipinski definition) is 0. The molecule has 12 aromatic rings. The van der Waals surface area contributed by atoms with Crippen LogP contribution in [-0.2, 0) is 0 Å². The summed E-state index contributed by atoms with van der Waals surface area (Å²) in [5.74, 6) is 1.62. The average Bonchev–Trinajstić information content (AvgIpc) is 3.98. The fraction of sp³-hybridized carbons (Fsp3) is 0. The second kappa shape index (κ2) is 16.5. The van der Waals surface area contributed by atoms with Crippen molar-refractivity contribution < 1.29 is 8.83 Å².